The molecule has 3 rings (SSSR count). The molecule has 0 fully saturated rings. The van der Waals surface area contributed by atoms with Crippen molar-refractivity contribution in [2.75, 3.05) is 13.1 Å². The van der Waals surface area contributed by atoms with Crippen LogP contribution in [0.4, 0.5) is 0 Å². The second-order valence-corrected chi connectivity index (χ2v) is 6.25. The lowest BCUT2D eigenvalue weighted by atomic mass is 10.2. The molecular formula is C20H27N5. The van der Waals surface area contributed by atoms with Gasteiger partial charge in [0.25, 0.3) is 0 Å². The van der Waals surface area contributed by atoms with E-state index in [0.29, 0.717) is 6.04 Å². The Hall–Kier alpha value is -2.56. The van der Waals surface area contributed by atoms with Crippen molar-refractivity contribution in [1.29, 1.82) is 0 Å². The minimum Gasteiger partial charge on any atom is -0.357 e. The molecule has 1 aliphatic rings. The van der Waals surface area contributed by atoms with Crippen molar-refractivity contribution >= 4 is 5.96 Å². The summed E-state index contributed by atoms with van der Waals surface area (Å²) in [6.07, 6.45) is 11.3. The second-order valence-electron chi connectivity index (χ2n) is 6.25. The van der Waals surface area contributed by atoms with E-state index in [1.807, 2.05) is 18.5 Å². The number of aliphatic imine (C=N–C) groups is 1. The summed E-state index contributed by atoms with van der Waals surface area (Å²) < 4.78 is 2.20. The van der Waals surface area contributed by atoms with Crippen LogP contribution >= 0.6 is 0 Å². The number of hydrogen-bond acceptors (Lipinski definition) is 2. The van der Waals surface area contributed by atoms with Gasteiger partial charge in [0.1, 0.15) is 5.82 Å². The fourth-order valence-electron chi connectivity index (χ4n) is 3.01. The van der Waals surface area contributed by atoms with E-state index in [2.05, 4.69) is 63.5 Å². The molecule has 5 heteroatoms. The maximum atomic E-state index is 4.71. The van der Waals surface area contributed by atoms with Crippen LogP contribution in [0.2, 0.25) is 0 Å². The number of benzene rings is 1. The first-order valence-corrected chi connectivity index (χ1v) is 9.09. The summed E-state index contributed by atoms with van der Waals surface area (Å²) >= 11 is 0. The zero-order chi connectivity index (χ0) is 17.3. The SMILES string of the molecule is CCNC(=NCCc1nccn1Cc1ccccc1)NC1CC=CC1. The highest BCUT2D eigenvalue weighted by Crippen LogP contribution is 2.09. The van der Waals surface area contributed by atoms with Gasteiger partial charge < -0.3 is 15.2 Å². The average Bonchev–Trinajstić information content (AvgIpc) is 3.28. The Balaban J connectivity index is 1.56. The van der Waals surface area contributed by atoms with Crippen LogP contribution in [-0.4, -0.2) is 34.6 Å². The van der Waals surface area contributed by atoms with Crippen LogP contribution in [0, 0.1) is 0 Å². The van der Waals surface area contributed by atoms with E-state index in [9.17, 15) is 0 Å². The molecule has 0 saturated carbocycles. The standard InChI is InChI=1S/C20H27N5/c1-2-21-20(24-18-10-6-7-11-18)23-13-12-19-22-14-15-25(19)16-17-8-4-3-5-9-17/h3-9,14-15,18H,2,10-13,16H2,1H3,(H2,21,23,24). The van der Waals surface area contributed by atoms with E-state index in [4.69, 9.17) is 4.99 Å². The minimum atomic E-state index is 0.470. The topological polar surface area (TPSA) is 54.2 Å². The van der Waals surface area contributed by atoms with Crippen molar-refractivity contribution in [2.45, 2.75) is 38.8 Å². The maximum Gasteiger partial charge on any atom is 0.191 e. The monoisotopic (exact) mass is 337 g/mol. The van der Waals surface area contributed by atoms with Gasteiger partial charge in [-0.05, 0) is 25.3 Å². The summed E-state index contributed by atoms with van der Waals surface area (Å²) in [6, 6.07) is 10.9. The summed E-state index contributed by atoms with van der Waals surface area (Å²) in [4.78, 5) is 9.21. The van der Waals surface area contributed by atoms with Crippen LogP contribution in [-0.2, 0) is 13.0 Å². The van der Waals surface area contributed by atoms with Crippen LogP contribution in [0.15, 0.2) is 59.9 Å². The van der Waals surface area contributed by atoms with Crippen molar-refractivity contribution in [3.05, 3.63) is 66.3 Å². The van der Waals surface area contributed by atoms with E-state index >= 15 is 0 Å². The zero-order valence-corrected chi connectivity index (χ0v) is 14.9. The molecule has 1 aliphatic carbocycles. The molecule has 0 amide bonds. The van der Waals surface area contributed by atoms with Gasteiger partial charge in [0.2, 0.25) is 0 Å². The van der Waals surface area contributed by atoms with E-state index < -0.39 is 0 Å². The summed E-state index contributed by atoms with van der Waals surface area (Å²) in [7, 11) is 0. The Kier molecular flexibility index (Phi) is 6.26. The first-order chi connectivity index (χ1) is 12.3. The van der Waals surface area contributed by atoms with E-state index in [-0.39, 0.29) is 0 Å². The van der Waals surface area contributed by atoms with Crippen LogP contribution in [0.3, 0.4) is 0 Å². The Labute approximate surface area is 149 Å². The van der Waals surface area contributed by atoms with Gasteiger partial charge in [-0.1, -0.05) is 42.5 Å². The predicted octanol–water partition coefficient (Wildman–Crippen LogP) is 2.75. The molecule has 0 saturated heterocycles. The maximum absolute atomic E-state index is 4.71. The van der Waals surface area contributed by atoms with Gasteiger partial charge >= 0.3 is 0 Å². The Morgan fingerprint density at radius 1 is 1.24 bits per heavy atom. The van der Waals surface area contributed by atoms with Crippen molar-refractivity contribution in [2.24, 2.45) is 4.99 Å². The molecule has 0 bridgehead atoms. The summed E-state index contributed by atoms with van der Waals surface area (Å²) in [5.74, 6) is 1.98. The highest BCUT2D eigenvalue weighted by molar-refractivity contribution is 5.80. The van der Waals surface area contributed by atoms with Gasteiger partial charge in [0.05, 0.1) is 0 Å². The molecule has 1 aromatic heterocycles. The third-order valence-corrected chi connectivity index (χ3v) is 4.30. The van der Waals surface area contributed by atoms with Crippen molar-refractivity contribution in [1.82, 2.24) is 20.2 Å². The molecule has 25 heavy (non-hydrogen) atoms. The van der Waals surface area contributed by atoms with Gasteiger partial charge in [0, 0.05) is 44.5 Å². The molecule has 1 aromatic carbocycles. The fourth-order valence-corrected chi connectivity index (χ4v) is 3.01. The second kappa shape index (κ2) is 9.06. The first-order valence-electron chi connectivity index (χ1n) is 9.09. The first kappa shape index (κ1) is 17.3. The van der Waals surface area contributed by atoms with Gasteiger partial charge in [-0.3, -0.25) is 4.99 Å². The highest BCUT2D eigenvalue weighted by atomic mass is 15.2. The number of imidazole rings is 1. The van der Waals surface area contributed by atoms with E-state index in [1.54, 1.807) is 0 Å². The van der Waals surface area contributed by atoms with E-state index in [1.165, 1.54) is 5.56 Å². The lowest BCUT2D eigenvalue weighted by Crippen LogP contribution is -2.42. The van der Waals surface area contributed by atoms with Crippen LogP contribution in [0.25, 0.3) is 0 Å². The molecule has 5 nitrogen and oxygen atoms in total. The molecule has 0 aliphatic heterocycles. The molecule has 0 spiro atoms. The largest absolute Gasteiger partial charge is 0.357 e. The van der Waals surface area contributed by atoms with Gasteiger partial charge in [-0.2, -0.15) is 0 Å². The molecular weight excluding hydrogens is 310 g/mol. The smallest absolute Gasteiger partial charge is 0.191 e. The van der Waals surface area contributed by atoms with E-state index in [0.717, 1.165) is 50.7 Å². The predicted molar refractivity (Wildman–Crippen MR) is 103 cm³/mol. The molecule has 2 N–H and O–H groups in total. The molecule has 0 unspecified atom stereocenters. The van der Waals surface area contributed by atoms with Gasteiger partial charge in [-0.15, -0.1) is 0 Å². The van der Waals surface area contributed by atoms with Crippen molar-refractivity contribution < 1.29 is 0 Å². The third kappa shape index (κ3) is 5.21. The highest BCUT2D eigenvalue weighted by Gasteiger charge is 2.11. The lowest BCUT2D eigenvalue weighted by molar-refractivity contribution is 0.632. The van der Waals surface area contributed by atoms with Gasteiger partial charge in [0.15, 0.2) is 5.96 Å². The van der Waals surface area contributed by atoms with Crippen LogP contribution < -0.4 is 10.6 Å². The summed E-state index contributed by atoms with van der Waals surface area (Å²) in [5, 5.41) is 6.83. The number of nitrogens with zero attached hydrogens (tertiary/aromatic N) is 3. The lowest BCUT2D eigenvalue weighted by Gasteiger charge is -2.16. The summed E-state index contributed by atoms with van der Waals surface area (Å²) in [5.41, 5.74) is 1.29. The number of rotatable bonds is 7. The Morgan fingerprint density at radius 3 is 2.80 bits per heavy atom. The number of guanidine groups is 1. The van der Waals surface area contributed by atoms with Crippen LogP contribution in [0.1, 0.15) is 31.2 Å². The normalized spacial score (nSPS) is 14.8. The van der Waals surface area contributed by atoms with Gasteiger partial charge in [-0.25, -0.2) is 4.98 Å². The molecule has 0 atom stereocenters. The zero-order valence-electron chi connectivity index (χ0n) is 14.9. The Bertz CT molecular complexity index is 694. The molecule has 132 valence electrons. The van der Waals surface area contributed by atoms with Crippen molar-refractivity contribution in [3.63, 3.8) is 0 Å². The molecule has 1 heterocycles. The average molecular weight is 337 g/mol. The Morgan fingerprint density at radius 2 is 2.04 bits per heavy atom. The quantitative estimate of drug-likeness (QED) is 0.464. The summed E-state index contributed by atoms with van der Waals surface area (Å²) in [6.45, 7) is 4.54. The minimum absolute atomic E-state index is 0.470. The number of aromatic nitrogens is 2. The fraction of sp³-hybridized carbons (Fsp3) is 0.400. The van der Waals surface area contributed by atoms with Crippen LogP contribution in [0.5, 0.6) is 0 Å². The molecule has 0 radical (unpaired) electrons. The molecule has 2 aromatic rings. The van der Waals surface area contributed by atoms with Crippen molar-refractivity contribution in [3.8, 4) is 0 Å². The number of hydrogen-bond donors (Lipinski definition) is 2. The number of nitrogens with one attached hydrogen (secondary N) is 2. The third-order valence-electron chi connectivity index (χ3n) is 4.30.